The van der Waals surface area contributed by atoms with Gasteiger partial charge in [-0.2, -0.15) is 0 Å². The lowest BCUT2D eigenvalue weighted by Gasteiger charge is -2.33. The lowest BCUT2D eigenvalue weighted by molar-refractivity contribution is 0.0793. The van der Waals surface area contributed by atoms with Gasteiger partial charge in [0.05, 0.1) is 6.04 Å². The average molecular weight is 429 g/mol. The number of carbonyl (C=O) groups is 1. The Balaban J connectivity index is 1.58. The molecule has 4 heteroatoms. The minimum atomic E-state index is 0.0925. The van der Waals surface area contributed by atoms with Crippen LogP contribution in [0.25, 0.3) is 0 Å². The quantitative estimate of drug-likeness (QED) is 0.527. The molecule has 0 saturated carbocycles. The second-order valence-electron chi connectivity index (χ2n) is 8.47. The minimum Gasteiger partial charge on any atom is -0.396 e. The summed E-state index contributed by atoms with van der Waals surface area (Å²) in [6.45, 7) is 3.42. The van der Waals surface area contributed by atoms with Crippen molar-refractivity contribution in [2.75, 3.05) is 26.2 Å². The summed E-state index contributed by atoms with van der Waals surface area (Å²) < 4.78 is 0. The van der Waals surface area contributed by atoms with Crippen molar-refractivity contribution in [2.45, 2.75) is 31.8 Å². The van der Waals surface area contributed by atoms with Crippen LogP contribution >= 0.6 is 0 Å². The van der Waals surface area contributed by atoms with Crippen LogP contribution in [0.1, 0.15) is 52.4 Å². The Morgan fingerprint density at radius 1 is 0.844 bits per heavy atom. The van der Waals surface area contributed by atoms with E-state index in [2.05, 4.69) is 65.6 Å². The molecule has 0 aliphatic carbocycles. The molecule has 3 aromatic carbocycles. The van der Waals surface area contributed by atoms with Gasteiger partial charge in [-0.05, 0) is 48.1 Å². The summed E-state index contributed by atoms with van der Waals surface area (Å²) in [4.78, 5) is 17.1. The highest BCUT2D eigenvalue weighted by Gasteiger charge is 2.23. The van der Waals surface area contributed by atoms with Gasteiger partial charge in [-0.15, -0.1) is 0 Å². The fourth-order valence-corrected chi connectivity index (χ4v) is 4.55. The maximum absolute atomic E-state index is 12.7. The summed E-state index contributed by atoms with van der Waals surface area (Å²) in [5.41, 5.74) is 4.40. The first-order valence-electron chi connectivity index (χ1n) is 11.6. The van der Waals surface area contributed by atoms with Crippen molar-refractivity contribution in [3.63, 3.8) is 0 Å². The molecule has 32 heavy (non-hydrogen) atoms. The molecule has 1 saturated heterocycles. The number of hydrogen-bond donors (Lipinski definition) is 1. The standard InChI is InChI=1S/C28H32N2O2/c31-21-9-20-30(27(24-10-3-1-4-11-24)25-12-5-2-6-13-25)22-23-14-16-26(17-15-23)28(32)29-18-7-8-19-29/h1-6,10-17,27,31H,7-9,18-22H2. The van der Waals surface area contributed by atoms with Crippen LogP contribution in [-0.4, -0.2) is 47.1 Å². The predicted octanol–water partition coefficient (Wildman–Crippen LogP) is 4.90. The molecule has 1 amide bonds. The predicted molar refractivity (Wildman–Crippen MR) is 128 cm³/mol. The van der Waals surface area contributed by atoms with Crippen molar-refractivity contribution in [1.29, 1.82) is 0 Å². The normalized spacial score (nSPS) is 13.8. The van der Waals surface area contributed by atoms with E-state index in [9.17, 15) is 9.90 Å². The molecule has 4 rings (SSSR count). The van der Waals surface area contributed by atoms with Gasteiger partial charge >= 0.3 is 0 Å². The molecule has 0 aromatic heterocycles. The first kappa shape index (κ1) is 22.3. The fourth-order valence-electron chi connectivity index (χ4n) is 4.55. The van der Waals surface area contributed by atoms with E-state index in [4.69, 9.17) is 0 Å². The van der Waals surface area contributed by atoms with Gasteiger partial charge in [-0.25, -0.2) is 0 Å². The Morgan fingerprint density at radius 2 is 1.41 bits per heavy atom. The highest BCUT2D eigenvalue weighted by Crippen LogP contribution is 2.30. The third-order valence-electron chi connectivity index (χ3n) is 6.18. The number of aliphatic hydroxyl groups excluding tert-OH is 1. The van der Waals surface area contributed by atoms with Crippen LogP contribution in [0.15, 0.2) is 84.9 Å². The van der Waals surface area contributed by atoms with Crippen LogP contribution in [0.5, 0.6) is 0 Å². The van der Waals surface area contributed by atoms with Gasteiger partial charge in [-0.1, -0.05) is 72.8 Å². The smallest absolute Gasteiger partial charge is 0.253 e. The third kappa shape index (κ3) is 5.45. The van der Waals surface area contributed by atoms with Gasteiger partial charge in [0.15, 0.2) is 0 Å². The van der Waals surface area contributed by atoms with Gasteiger partial charge in [-0.3, -0.25) is 9.69 Å². The van der Waals surface area contributed by atoms with Crippen molar-refractivity contribution >= 4 is 5.91 Å². The van der Waals surface area contributed by atoms with E-state index in [-0.39, 0.29) is 18.6 Å². The Labute approximate surface area is 191 Å². The molecule has 1 N–H and O–H groups in total. The van der Waals surface area contributed by atoms with Crippen LogP contribution in [0.2, 0.25) is 0 Å². The van der Waals surface area contributed by atoms with Gasteiger partial charge in [0, 0.05) is 38.3 Å². The fraction of sp³-hybridized carbons (Fsp3) is 0.321. The van der Waals surface area contributed by atoms with Crippen LogP contribution in [0, 0.1) is 0 Å². The first-order valence-corrected chi connectivity index (χ1v) is 11.6. The summed E-state index contributed by atoms with van der Waals surface area (Å²) in [5, 5.41) is 9.54. The number of nitrogens with zero attached hydrogens (tertiary/aromatic N) is 2. The topological polar surface area (TPSA) is 43.8 Å². The summed E-state index contributed by atoms with van der Waals surface area (Å²) in [5.74, 6) is 0.137. The number of likely N-dealkylation sites (tertiary alicyclic amines) is 1. The lowest BCUT2D eigenvalue weighted by Crippen LogP contribution is -2.31. The van der Waals surface area contributed by atoms with Gasteiger partial charge in [0.1, 0.15) is 0 Å². The second kappa shape index (κ2) is 11.1. The molecule has 0 spiro atoms. The maximum atomic E-state index is 12.7. The summed E-state index contributed by atoms with van der Waals surface area (Å²) in [6.07, 6.45) is 2.91. The monoisotopic (exact) mass is 428 g/mol. The SMILES string of the molecule is O=C(c1ccc(CN(CCCO)C(c2ccccc2)c2ccccc2)cc1)N1CCCC1. The van der Waals surface area contributed by atoms with E-state index < -0.39 is 0 Å². The highest BCUT2D eigenvalue weighted by molar-refractivity contribution is 5.94. The van der Waals surface area contributed by atoms with Crippen LogP contribution in [0.4, 0.5) is 0 Å². The van der Waals surface area contributed by atoms with E-state index in [0.29, 0.717) is 6.42 Å². The number of amides is 1. The van der Waals surface area contributed by atoms with Crippen molar-refractivity contribution in [3.05, 3.63) is 107 Å². The van der Waals surface area contributed by atoms with E-state index in [1.807, 2.05) is 29.2 Å². The Hall–Kier alpha value is -2.95. The minimum absolute atomic E-state index is 0.0925. The average Bonchev–Trinajstić information content (AvgIpc) is 3.39. The van der Waals surface area contributed by atoms with E-state index >= 15 is 0 Å². The molecule has 1 fully saturated rings. The summed E-state index contributed by atoms with van der Waals surface area (Å²) in [7, 11) is 0. The molecule has 0 unspecified atom stereocenters. The lowest BCUT2D eigenvalue weighted by atomic mass is 9.96. The van der Waals surface area contributed by atoms with Crippen molar-refractivity contribution < 1.29 is 9.90 Å². The first-order chi connectivity index (χ1) is 15.8. The third-order valence-corrected chi connectivity index (χ3v) is 6.18. The Kier molecular flexibility index (Phi) is 7.70. The van der Waals surface area contributed by atoms with Crippen molar-refractivity contribution in [1.82, 2.24) is 9.80 Å². The Bertz CT molecular complexity index is 928. The molecule has 0 radical (unpaired) electrons. The molecule has 1 aliphatic heterocycles. The van der Waals surface area contributed by atoms with Crippen molar-refractivity contribution in [3.8, 4) is 0 Å². The molecule has 4 nitrogen and oxygen atoms in total. The number of benzene rings is 3. The molecular weight excluding hydrogens is 396 g/mol. The number of rotatable bonds is 9. The molecule has 0 bridgehead atoms. The van der Waals surface area contributed by atoms with E-state index in [1.54, 1.807) is 0 Å². The molecule has 166 valence electrons. The van der Waals surface area contributed by atoms with Gasteiger partial charge in [0.25, 0.3) is 5.91 Å². The summed E-state index contributed by atoms with van der Waals surface area (Å²) in [6, 6.07) is 29.2. The van der Waals surface area contributed by atoms with Crippen molar-refractivity contribution in [2.24, 2.45) is 0 Å². The molecule has 1 aliphatic rings. The zero-order valence-corrected chi connectivity index (χ0v) is 18.6. The van der Waals surface area contributed by atoms with Gasteiger partial charge in [0.2, 0.25) is 0 Å². The number of carbonyl (C=O) groups excluding carboxylic acids is 1. The van der Waals surface area contributed by atoms with E-state index in [0.717, 1.165) is 50.1 Å². The Morgan fingerprint density at radius 3 is 1.94 bits per heavy atom. The second-order valence-corrected chi connectivity index (χ2v) is 8.47. The zero-order valence-electron chi connectivity index (χ0n) is 18.6. The summed E-state index contributed by atoms with van der Waals surface area (Å²) >= 11 is 0. The highest BCUT2D eigenvalue weighted by atomic mass is 16.3. The molecule has 1 heterocycles. The van der Waals surface area contributed by atoms with Crippen LogP contribution in [0.3, 0.4) is 0 Å². The largest absolute Gasteiger partial charge is 0.396 e. The van der Waals surface area contributed by atoms with Crippen LogP contribution in [-0.2, 0) is 6.54 Å². The van der Waals surface area contributed by atoms with E-state index in [1.165, 1.54) is 11.1 Å². The van der Waals surface area contributed by atoms with Crippen LogP contribution < -0.4 is 0 Å². The number of aliphatic hydroxyl groups is 1. The molecule has 3 aromatic rings. The molecular formula is C28H32N2O2. The maximum Gasteiger partial charge on any atom is 0.253 e. The number of hydrogen-bond acceptors (Lipinski definition) is 3. The zero-order chi connectivity index (χ0) is 22.2. The van der Waals surface area contributed by atoms with Gasteiger partial charge < -0.3 is 10.0 Å². The molecule has 0 atom stereocenters.